The van der Waals surface area contributed by atoms with Gasteiger partial charge in [-0.25, -0.2) is 0 Å². The van der Waals surface area contributed by atoms with Gasteiger partial charge in [0.2, 0.25) is 0 Å². The third-order valence-corrected chi connectivity index (χ3v) is 2.18. The second-order valence-electron chi connectivity index (χ2n) is 3.55. The van der Waals surface area contributed by atoms with Crippen LogP contribution in [0.4, 0.5) is 0 Å². The second-order valence-corrected chi connectivity index (χ2v) is 3.55. The van der Waals surface area contributed by atoms with E-state index in [0.717, 1.165) is 12.0 Å². The molecule has 1 nitrogen and oxygen atoms in total. The van der Waals surface area contributed by atoms with Crippen molar-refractivity contribution in [3.63, 3.8) is 0 Å². The fourth-order valence-corrected chi connectivity index (χ4v) is 1.41. The molecule has 0 saturated carbocycles. The maximum atomic E-state index is 2.44. The van der Waals surface area contributed by atoms with E-state index in [9.17, 15) is 0 Å². The highest BCUT2D eigenvalue weighted by Crippen LogP contribution is 2.21. The van der Waals surface area contributed by atoms with E-state index in [2.05, 4.69) is 25.8 Å². The van der Waals surface area contributed by atoms with Crippen LogP contribution in [0.1, 0.15) is 26.7 Å². The van der Waals surface area contributed by atoms with E-state index >= 15 is 0 Å². The molecule has 1 rings (SSSR count). The molecule has 0 amide bonds. The first-order valence-electron chi connectivity index (χ1n) is 3.90. The molecule has 0 aromatic heterocycles. The summed E-state index contributed by atoms with van der Waals surface area (Å²) in [5.41, 5.74) is 0. The van der Waals surface area contributed by atoms with Crippen molar-refractivity contribution in [3.8, 4) is 0 Å². The lowest BCUT2D eigenvalue weighted by molar-refractivity contribution is 0.107. The number of nitrogens with zero attached hydrogens (tertiary/aromatic N) is 1. The van der Waals surface area contributed by atoms with E-state index < -0.39 is 0 Å². The van der Waals surface area contributed by atoms with Gasteiger partial charge in [-0.15, -0.1) is 0 Å². The van der Waals surface area contributed by atoms with Crippen LogP contribution in [-0.4, -0.2) is 24.5 Å². The van der Waals surface area contributed by atoms with Gasteiger partial charge < -0.3 is 4.90 Å². The zero-order valence-electron chi connectivity index (χ0n) is 6.72. The summed E-state index contributed by atoms with van der Waals surface area (Å²) in [6.07, 6.45) is 2.81. The quantitative estimate of drug-likeness (QED) is 0.546. The maximum Gasteiger partial charge on any atom is 0.0107 e. The van der Waals surface area contributed by atoms with Gasteiger partial charge in [0.25, 0.3) is 0 Å². The number of hydrogen-bond donors (Lipinski definition) is 0. The van der Waals surface area contributed by atoms with E-state index in [1.165, 1.54) is 19.4 Å². The van der Waals surface area contributed by atoms with Crippen LogP contribution in [0.2, 0.25) is 0 Å². The SMILES string of the molecule is CC(C)C[C@@H]1CCN1C. The Morgan fingerprint density at radius 2 is 2.22 bits per heavy atom. The topological polar surface area (TPSA) is 3.24 Å². The molecule has 0 aromatic carbocycles. The minimum atomic E-state index is 0.873. The molecule has 0 bridgehead atoms. The van der Waals surface area contributed by atoms with Crippen LogP contribution < -0.4 is 0 Å². The van der Waals surface area contributed by atoms with E-state index in [4.69, 9.17) is 0 Å². The molecular weight excluding hydrogens is 110 g/mol. The van der Waals surface area contributed by atoms with Gasteiger partial charge in [0.15, 0.2) is 0 Å². The predicted octanol–water partition coefficient (Wildman–Crippen LogP) is 1.74. The van der Waals surface area contributed by atoms with Crippen molar-refractivity contribution >= 4 is 0 Å². The molecule has 1 atom stereocenters. The van der Waals surface area contributed by atoms with Crippen molar-refractivity contribution in [1.29, 1.82) is 0 Å². The molecule has 1 heterocycles. The van der Waals surface area contributed by atoms with Gasteiger partial charge in [0.05, 0.1) is 0 Å². The number of likely N-dealkylation sites (tertiary alicyclic amines) is 1. The minimum Gasteiger partial charge on any atom is -0.303 e. The fraction of sp³-hybridized carbons (Fsp3) is 1.00. The molecule has 0 aliphatic carbocycles. The summed E-state index contributed by atoms with van der Waals surface area (Å²) in [5, 5.41) is 0. The van der Waals surface area contributed by atoms with Crippen LogP contribution in [0.15, 0.2) is 0 Å². The van der Waals surface area contributed by atoms with Crippen molar-refractivity contribution in [1.82, 2.24) is 4.90 Å². The average Bonchev–Trinajstić information content (AvgIpc) is 1.79. The highest BCUT2D eigenvalue weighted by atomic mass is 15.2. The van der Waals surface area contributed by atoms with Crippen molar-refractivity contribution < 1.29 is 0 Å². The molecule has 0 unspecified atom stereocenters. The molecular formula is C8H17N. The van der Waals surface area contributed by atoms with Crippen molar-refractivity contribution in [2.75, 3.05) is 13.6 Å². The monoisotopic (exact) mass is 127 g/mol. The standard InChI is InChI=1S/C8H17N/c1-7(2)6-8-4-5-9(8)3/h7-8H,4-6H2,1-3H3/t8-/m0/s1. The Hall–Kier alpha value is -0.0400. The first-order valence-corrected chi connectivity index (χ1v) is 3.90. The summed E-state index contributed by atoms with van der Waals surface area (Å²) in [4.78, 5) is 2.44. The van der Waals surface area contributed by atoms with Crippen molar-refractivity contribution in [3.05, 3.63) is 0 Å². The second kappa shape index (κ2) is 2.70. The van der Waals surface area contributed by atoms with E-state index in [1.807, 2.05) is 0 Å². The van der Waals surface area contributed by atoms with E-state index in [0.29, 0.717) is 0 Å². The van der Waals surface area contributed by atoms with Gasteiger partial charge in [-0.2, -0.15) is 0 Å². The van der Waals surface area contributed by atoms with Crippen LogP contribution >= 0.6 is 0 Å². The molecule has 1 saturated heterocycles. The van der Waals surface area contributed by atoms with Crippen LogP contribution in [-0.2, 0) is 0 Å². The molecule has 0 spiro atoms. The molecule has 0 N–H and O–H groups in total. The summed E-state index contributed by atoms with van der Waals surface area (Å²) in [7, 11) is 2.22. The van der Waals surface area contributed by atoms with Gasteiger partial charge in [0.1, 0.15) is 0 Å². The highest BCUT2D eigenvalue weighted by Gasteiger charge is 2.23. The summed E-state index contributed by atoms with van der Waals surface area (Å²) >= 11 is 0. The average molecular weight is 127 g/mol. The van der Waals surface area contributed by atoms with Crippen LogP contribution in [0.3, 0.4) is 0 Å². The van der Waals surface area contributed by atoms with Crippen LogP contribution in [0.25, 0.3) is 0 Å². The van der Waals surface area contributed by atoms with E-state index in [-0.39, 0.29) is 0 Å². The van der Waals surface area contributed by atoms with Crippen molar-refractivity contribution in [2.45, 2.75) is 32.7 Å². The van der Waals surface area contributed by atoms with Crippen molar-refractivity contribution in [2.24, 2.45) is 5.92 Å². The first kappa shape index (κ1) is 7.07. The summed E-state index contributed by atoms with van der Waals surface area (Å²) in [5.74, 6) is 0.873. The molecule has 0 aromatic rings. The predicted molar refractivity (Wildman–Crippen MR) is 40.5 cm³/mol. The van der Waals surface area contributed by atoms with Crippen LogP contribution in [0, 0.1) is 5.92 Å². The molecule has 1 aliphatic heterocycles. The van der Waals surface area contributed by atoms with Gasteiger partial charge in [-0.1, -0.05) is 13.8 Å². The minimum absolute atomic E-state index is 0.873. The lowest BCUT2D eigenvalue weighted by Crippen LogP contribution is -2.45. The summed E-state index contributed by atoms with van der Waals surface area (Å²) < 4.78 is 0. The molecule has 1 heteroatoms. The zero-order valence-corrected chi connectivity index (χ0v) is 6.72. The van der Waals surface area contributed by atoms with Gasteiger partial charge in [-0.05, 0) is 32.4 Å². The Bertz CT molecular complexity index is 88.6. The smallest absolute Gasteiger partial charge is 0.0107 e. The third-order valence-electron chi connectivity index (χ3n) is 2.18. The number of rotatable bonds is 2. The lowest BCUT2D eigenvalue weighted by Gasteiger charge is -2.38. The lowest BCUT2D eigenvalue weighted by atomic mass is 9.94. The third kappa shape index (κ3) is 1.68. The van der Waals surface area contributed by atoms with Gasteiger partial charge in [-0.3, -0.25) is 0 Å². The number of hydrogen-bond acceptors (Lipinski definition) is 1. The summed E-state index contributed by atoms with van der Waals surface area (Å²) in [6.45, 7) is 5.91. The zero-order chi connectivity index (χ0) is 6.85. The molecule has 1 aliphatic rings. The Labute approximate surface area is 58.0 Å². The molecule has 1 fully saturated rings. The first-order chi connectivity index (χ1) is 4.20. The largest absolute Gasteiger partial charge is 0.303 e. The molecule has 9 heavy (non-hydrogen) atoms. The van der Waals surface area contributed by atoms with Crippen LogP contribution in [0.5, 0.6) is 0 Å². The Morgan fingerprint density at radius 3 is 2.33 bits per heavy atom. The Kier molecular flexibility index (Phi) is 2.12. The fourth-order valence-electron chi connectivity index (χ4n) is 1.41. The molecule has 54 valence electrons. The maximum absolute atomic E-state index is 2.44. The normalized spacial score (nSPS) is 28.7. The molecule has 0 radical (unpaired) electrons. The van der Waals surface area contributed by atoms with E-state index in [1.54, 1.807) is 0 Å². The Balaban J connectivity index is 2.13. The highest BCUT2D eigenvalue weighted by molar-refractivity contribution is 4.79. The Morgan fingerprint density at radius 1 is 1.56 bits per heavy atom. The summed E-state index contributed by atoms with van der Waals surface area (Å²) in [6, 6.07) is 0.907. The van der Waals surface area contributed by atoms with Gasteiger partial charge >= 0.3 is 0 Å². The van der Waals surface area contributed by atoms with Gasteiger partial charge in [0, 0.05) is 6.04 Å².